The zero-order chi connectivity index (χ0) is 27.0. The van der Waals surface area contributed by atoms with Gasteiger partial charge in [-0.2, -0.15) is 0 Å². The second-order valence-electron chi connectivity index (χ2n) is 8.33. The van der Waals surface area contributed by atoms with Gasteiger partial charge in [0.05, 0.1) is 6.26 Å². The summed E-state index contributed by atoms with van der Waals surface area (Å²) < 4.78 is 44.0. The molecule has 2 heterocycles. The predicted molar refractivity (Wildman–Crippen MR) is 117 cm³/mol. The first-order chi connectivity index (χ1) is 16.9. The third-order valence-corrected chi connectivity index (χ3v) is 5.26. The summed E-state index contributed by atoms with van der Waals surface area (Å²) in [5, 5.41) is 0. The first-order valence-corrected chi connectivity index (χ1v) is 11.3. The first kappa shape index (κ1) is 29.0. The SMILES string of the molecule is CC(=O)OCC1OC=CC(OC(C)=O)C1OC1OC(COC(C)=O)C(OC(C)=O)C(OC(C)=O)C1C. The molecule has 13 heteroatoms. The number of carbonyl (C=O) groups excluding carboxylic acids is 5. The second-order valence-corrected chi connectivity index (χ2v) is 8.33. The molecule has 0 bridgehead atoms. The quantitative estimate of drug-likeness (QED) is 0.309. The maximum atomic E-state index is 11.9. The van der Waals surface area contributed by atoms with Gasteiger partial charge in [0.1, 0.15) is 31.5 Å². The van der Waals surface area contributed by atoms with E-state index in [1.165, 1.54) is 47.0 Å². The zero-order valence-corrected chi connectivity index (χ0v) is 21.0. The zero-order valence-electron chi connectivity index (χ0n) is 21.0. The summed E-state index contributed by atoms with van der Waals surface area (Å²) >= 11 is 0. The van der Waals surface area contributed by atoms with Gasteiger partial charge in [-0.15, -0.1) is 0 Å². The van der Waals surface area contributed by atoms with E-state index in [1.54, 1.807) is 6.92 Å². The van der Waals surface area contributed by atoms with Crippen LogP contribution in [-0.4, -0.2) is 86.0 Å². The Balaban J connectivity index is 2.37. The first-order valence-electron chi connectivity index (χ1n) is 11.3. The van der Waals surface area contributed by atoms with Crippen molar-refractivity contribution in [1.82, 2.24) is 0 Å². The summed E-state index contributed by atoms with van der Waals surface area (Å²) in [5.74, 6) is -3.79. The molecule has 0 saturated carbocycles. The molecule has 8 atom stereocenters. The molecule has 0 radical (unpaired) electrons. The fourth-order valence-electron chi connectivity index (χ4n) is 3.80. The van der Waals surface area contributed by atoms with E-state index < -0.39 is 78.7 Å². The highest BCUT2D eigenvalue weighted by atomic mass is 16.7. The Kier molecular flexibility index (Phi) is 10.7. The summed E-state index contributed by atoms with van der Waals surface area (Å²) in [6.45, 7) is 7.09. The van der Waals surface area contributed by atoms with Gasteiger partial charge in [0.25, 0.3) is 0 Å². The maximum absolute atomic E-state index is 11.9. The molecule has 0 aromatic heterocycles. The van der Waals surface area contributed by atoms with Crippen LogP contribution in [0, 0.1) is 5.92 Å². The van der Waals surface area contributed by atoms with Gasteiger partial charge in [0, 0.05) is 40.5 Å². The van der Waals surface area contributed by atoms with Crippen LogP contribution < -0.4 is 0 Å². The lowest BCUT2D eigenvalue weighted by molar-refractivity contribution is -0.312. The molecule has 0 aromatic rings. The lowest BCUT2D eigenvalue weighted by atomic mass is 9.91. The average molecular weight is 516 g/mol. The van der Waals surface area contributed by atoms with Crippen LogP contribution in [0.4, 0.5) is 0 Å². The summed E-state index contributed by atoms with van der Waals surface area (Å²) in [4.78, 5) is 58.1. The van der Waals surface area contributed by atoms with Gasteiger partial charge in [-0.25, -0.2) is 0 Å². The van der Waals surface area contributed by atoms with E-state index in [0.717, 1.165) is 0 Å². The Bertz CT molecular complexity index is 853. The normalized spacial score (nSPS) is 31.4. The maximum Gasteiger partial charge on any atom is 0.303 e. The third kappa shape index (κ3) is 8.48. The average Bonchev–Trinajstić information content (AvgIpc) is 2.76. The van der Waals surface area contributed by atoms with E-state index in [4.69, 9.17) is 37.9 Å². The van der Waals surface area contributed by atoms with E-state index in [9.17, 15) is 24.0 Å². The molecule has 0 aromatic carbocycles. The summed E-state index contributed by atoms with van der Waals surface area (Å²) in [5.41, 5.74) is 0. The number of rotatable bonds is 9. The molecule has 202 valence electrons. The minimum Gasteiger partial charge on any atom is -0.492 e. The van der Waals surface area contributed by atoms with Crippen molar-refractivity contribution in [3.8, 4) is 0 Å². The molecule has 0 spiro atoms. The highest BCUT2D eigenvalue weighted by Crippen LogP contribution is 2.34. The van der Waals surface area contributed by atoms with Gasteiger partial charge >= 0.3 is 29.8 Å². The van der Waals surface area contributed by atoms with E-state index in [-0.39, 0.29) is 13.2 Å². The Hall–Kier alpha value is -3.19. The van der Waals surface area contributed by atoms with Crippen LogP contribution in [0.25, 0.3) is 0 Å². The van der Waals surface area contributed by atoms with Gasteiger partial charge in [0.2, 0.25) is 0 Å². The molecule has 2 rings (SSSR count). The highest BCUT2D eigenvalue weighted by Gasteiger charge is 2.51. The predicted octanol–water partition coefficient (Wildman–Crippen LogP) is 0.566. The van der Waals surface area contributed by atoms with Crippen LogP contribution in [-0.2, 0) is 61.9 Å². The molecule has 0 amide bonds. The lowest BCUT2D eigenvalue weighted by Gasteiger charge is -2.45. The molecule has 0 aliphatic carbocycles. The summed E-state index contributed by atoms with van der Waals surface area (Å²) in [6.07, 6.45) is -4.43. The van der Waals surface area contributed by atoms with Crippen molar-refractivity contribution in [1.29, 1.82) is 0 Å². The minimum atomic E-state index is -1.14. The molecule has 2 aliphatic rings. The summed E-state index contributed by atoms with van der Waals surface area (Å²) in [7, 11) is 0. The molecule has 13 nitrogen and oxygen atoms in total. The van der Waals surface area contributed by atoms with Crippen molar-refractivity contribution in [3.05, 3.63) is 12.3 Å². The molecule has 36 heavy (non-hydrogen) atoms. The van der Waals surface area contributed by atoms with Gasteiger partial charge in [0.15, 0.2) is 24.6 Å². The highest BCUT2D eigenvalue weighted by molar-refractivity contribution is 5.68. The Morgan fingerprint density at radius 3 is 1.75 bits per heavy atom. The largest absolute Gasteiger partial charge is 0.492 e. The molecule has 1 saturated heterocycles. The van der Waals surface area contributed by atoms with E-state index in [0.29, 0.717) is 0 Å². The van der Waals surface area contributed by atoms with E-state index >= 15 is 0 Å². The molecule has 0 N–H and O–H groups in total. The van der Waals surface area contributed by atoms with Crippen LogP contribution in [0.5, 0.6) is 0 Å². The van der Waals surface area contributed by atoms with Crippen molar-refractivity contribution in [2.24, 2.45) is 5.92 Å². The van der Waals surface area contributed by atoms with Gasteiger partial charge < -0.3 is 37.9 Å². The van der Waals surface area contributed by atoms with Crippen molar-refractivity contribution in [2.75, 3.05) is 13.2 Å². The second kappa shape index (κ2) is 13.2. The number of hydrogen-bond acceptors (Lipinski definition) is 13. The minimum absolute atomic E-state index is 0.219. The number of ether oxygens (including phenoxy) is 8. The van der Waals surface area contributed by atoms with E-state index in [2.05, 4.69) is 0 Å². The van der Waals surface area contributed by atoms with Crippen molar-refractivity contribution < 1.29 is 61.9 Å². The van der Waals surface area contributed by atoms with Crippen molar-refractivity contribution in [2.45, 2.75) is 84.5 Å². The molecule has 8 unspecified atom stereocenters. The fourth-order valence-corrected chi connectivity index (χ4v) is 3.80. The van der Waals surface area contributed by atoms with Crippen molar-refractivity contribution >= 4 is 29.8 Å². The van der Waals surface area contributed by atoms with Crippen LogP contribution in [0.3, 0.4) is 0 Å². The Labute approximate surface area is 208 Å². The number of hydrogen-bond donors (Lipinski definition) is 0. The number of esters is 5. The molecule has 2 aliphatic heterocycles. The fraction of sp³-hybridized carbons (Fsp3) is 0.696. The van der Waals surface area contributed by atoms with Gasteiger partial charge in [-0.1, -0.05) is 6.92 Å². The smallest absolute Gasteiger partial charge is 0.303 e. The lowest BCUT2D eigenvalue weighted by Crippen LogP contribution is -2.60. The number of carbonyl (C=O) groups is 5. The van der Waals surface area contributed by atoms with Crippen LogP contribution in [0.15, 0.2) is 12.3 Å². The van der Waals surface area contributed by atoms with Gasteiger partial charge in [-0.05, 0) is 6.08 Å². The van der Waals surface area contributed by atoms with Gasteiger partial charge in [-0.3, -0.25) is 24.0 Å². The monoisotopic (exact) mass is 516 g/mol. The molecular formula is C23H32O13. The topological polar surface area (TPSA) is 159 Å². The van der Waals surface area contributed by atoms with Crippen LogP contribution in [0.2, 0.25) is 0 Å². The van der Waals surface area contributed by atoms with E-state index in [1.807, 2.05) is 0 Å². The standard InChI is InChI=1S/C23H32O13/c1-11-20(33-15(5)27)22(34-16(6)28)19(10-31-13(3)25)35-23(11)36-21-17(32-14(4)26)7-8-29-18(21)9-30-12(2)24/h7-8,11,17-23H,9-10H2,1-6H3. The van der Waals surface area contributed by atoms with Crippen LogP contribution in [0.1, 0.15) is 41.5 Å². The van der Waals surface area contributed by atoms with Crippen LogP contribution >= 0.6 is 0 Å². The van der Waals surface area contributed by atoms with Crippen molar-refractivity contribution in [3.63, 3.8) is 0 Å². The third-order valence-electron chi connectivity index (χ3n) is 5.26. The molecular weight excluding hydrogens is 484 g/mol. The Morgan fingerprint density at radius 2 is 1.22 bits per heavy atom. The summed E-state index contributed by atoms with van der Waals surface area (Å²) in [6, 6.07) is 0. The Morgan fingerprint density at radius 1 is 0.694 bits per heavy atom. The molecule has 1 fully saturated rings.